The summed E-state index contributed by atoms with van der Waals surface area (Å²) in [7, 11) is 0. The molecule has 64 valence electrons. The molecule has 1 atom stereocenters. The van der Waals surface area contributed by atoms with Crippen LogP contribution in [0.25, 0.3) is 0 Å². The Bertz CT molecular complexity index is 243. The number of halogens is 1. The molecule has 1 saturated carbocycles. The van der Waals surface area contributed by atoms with E-state index in [0.29, 0.717) is 4.83 Å². The first-order chi connectivity index (χ1) is 5.86. The van der Waals surface area contributed by atoms with Gasteiger partial charge in [-0.05, 0) is 30.9 Å². The molecule has 1 aromatic heterocycles. The summed E-state index contributed by atoms with van der Waals surface area (Å²) in [6.45, 7) is 0. The average molecular weight is 226 g/mol. The van der Waals surface area contributed by atoms with Gasteiger partial charge in [0.1, 0.15) is 0 Å². The quantitative estimate of drug-likeness (QED) is 0.722. The highest BCUT2D eigenvalue weighted by Crippen LogP contribution is 2.37. The maximum absolute atomic E-state index is 4.30. The molecular weight excluding hydrogens is 214 g/mol. The minimum absolute atomic E-state index is 0.646. The van der Waals surface area contributed by atoms with Gasteiger partial charge in [0.2, 0.25) is 0 Å². The summed E-state index contributed by atoms with van der Waals surface area (Å²) < 4.78 is 0. The fraction of sp³-hybridized carbons (Fsp3) is 0.500. The van der Waals surface area contributed by atoms with Crippen molar-refractivity contribution in [3.8, 4) is 0 Å². The Kier molecular flexibility index (Phi) is 2.45. The van der Waals surface area contributed by atoms with E-state index in [2.05, 4.69) is 33.0 Å². The largest absolute Gasteiger partial charge is 0.261 e. The van der Waals surface area contributed by atoms with Crippen LogP contribution in [-0.4, -0.2) is 9.81 Å². The van der Waals surface area contributed by atoms with Gasteiger partial charge in [0, 0.05) is 23.1 Å². The van der Waals surface area contributed by atoms with Gasteiger partial charge >= 0.3 is 0 Å². The summed E-state index contributed by atoms with van der Waals surface area (Å²) in [6.07, 6.45) is 5.72. The third-order valence-electron chi connectivity index (χ3n) is 2.26. The van der Waals surface area contributed by atoms with Crippen LogP contribution in [0.5, 0.6) is 0 Å². The summed E-state index contributed by atoms with van der Waals surface area (Å²) in [5, 5.41) is 0. The maximum Gasteiger partial charge on any atom is 0.0414 e. The standard InChI is InChI=1S/C10H12BrN/c11-10(8-4-5-8)7-9-3-1-2-6-12-9/h1-3,6,8,10H,4-5,7H2. The molecule has 0 saturated heterocycles. The molecule has 0 radical (unpaired) electrons. The van der Waals surface area contributed by atoms with E-state index >= 15 is 0 Å². The van der Waals surface area contributed by atoms with Crippen LogP contribution in [0.4, 0.5) is 0 Å². The molecule has 2 heteroatoms. The fourth-order valence-electron chi connectivity index (χ4n) is 1.34. The molecule has 12 heavy (non-hydrogen) atoms. The Hall–Kier alpha value is -0.370. The summed E-state index contributed by atoms with van der Waals surface area (Å²) in [4.78, 5) is 4.94. The molecule has 0 amide bonds. The topological polar surface area (TPSA) is 12.9 Å². The third-order valence-corrected chi connectivity index (χ3v) is 3.34. The lowest BCUT2D eigenvalue weighted by Gasteiger charge is -2.06. The van der Waals surface area contributed by atoms with Crippen molar-refractivity contribution in [3.05, 3.63) is 30.1 Å². The predicted octanol–water partition coefficient (Wildman–Crippen LogP) is 2.80. The Morgan fingerprint density at radius 3 is 2.92 bits per heavy atom. The molecule has 1 fully saturated rings. The molecule has 1 heterocycles. The molecule has 1 nitrogen and oxygen atoms in total. The van der Waals surface area contributed by atoms with E-state index in [1.165, 1.54) is 18.5 Å². The highest BCUT2D eigenvalue weighted by Gasteiger charge is 2.29. The van der Waals surface area contributed by atoms with Crippen LogP contribution < -0.4 is 0 Å². The first-order valence-corrected chi connectivity index (χ1v) is 5.32. The molecule has 2 rings (SSSR count). The molecule has 0 N–H and O–H groups in total. The first-order valence-electron chi connectivity index (χ1n) is 4.40. The molecule has 1 aromatic rings. The van der Waals surface area contributed by atoms with Crippen molar-refractivity contribution in [3.63, 3.8) is 0 Å². The van der Waals surface area contributed by atoms with Crippen molar-refractivity contribution in [2.24, 2.45) is 5.92 Å². The molecule has 0 aliphatic heterocycles. The SMILES string of the molecule is BrC(Cc1ccccn1)C1CC1. The monoisotopic (exact) mass is 225 g/mol. The first kappa shape index (κ1) is 8.24. The van der Waals surface area contributed by atoms with Gasteiger partial charge in [0.25, 0.3) is 0 Å². The third kappa shape index (κ3) is 2.07. The maximum atomic E-state index is 4.30. The van der Waals surface area contributed by atoms with Crippen molar-refractivity contribution in [2.45, 2.75) is 24.1 Å². The lowest BCUT2D eigenvalue weighted by atomic mass is 10.1. The number of alkyl halides is 1. The van der Waals surface area contributed by atoms with Crippen LogP contribution in [0.1, 0.15) is 18.5 Å². The zero-order valence-corrected chi connectivity index (χ0v) is 8.50. The Morgan fingerprint density at radius 1 is 1.50 bits per heavy atom. The van der Waals surface area contributed by atoms with Crippen LogP contribution in [0.15, 0.2) is 24.4 Å². The second kappa shape index (κ2) is 3.56. The number of hydrogen-bond donors (Lipinski definition) is 0. The van der Waals surface area contributed by atoms with Gasteiger partial charge < -0.3 is 0 Å². The van der Waals surface area contributed by atoms with Crippen molar-refractivity contribution in [1.29, 1.82) is 0 Å². The van der Waals surface area contributed by atoms with Crippen LogP contribution in [0, 0.1) is 5.92 Å². The highest BCUT2D eigenvalue weighted by molar-refractivity contribution is 9.09. The lowest BCUT2D eigenvalue weighted by molar-refractivity contribution is 0.746. The summed E-state index contributed by atoms with van der Waals surface area (Å²) in [5.41, 5.74) is 1.20. The molecule has 1 unspecified atom stereocenters. The molecule has 0 spiro atoms. The van der Waals surface area contributed by atoms with Gasteiger partial charge in [0.15, 0.2) is 0 Å². The van der Waals surface area contributed by atoms with Crippen molar-refractivity contribution in [1.82, 2.24) is 4.98 Å². The number of nitrogens with zero attached hydrogens (tertiary/aromatic N) is 1. The van der Waals surface area contributed by atoms with Crippen molar-refractivity contribution < 1.29 is 0 Å². The minimum Gasteiger partial charge on any atom is -0.261 e. The van der Waals surface area contributed by atoms with Crippen molar-refractivity contribution in [2.75, 3.05) is 0 Å². The summed E-state index contributed by atoms with van der Waals surface area (Å²) >= 11 is 3.70. The second-order valence-corrected chi connectivity index (χ2v) is 4.55. The molecule has 0 aromatic carbocycles. The minimum atomic E-state index is 0.646. The highest BCUT2D eigenvalue weighted by atomic mass is 79.9. The smallest absolute Gasteiger partial charge is 0.0414 e. The van der Waals surface area contributed by atoms with Gasteiger partial charge in [-0.1, -0.05) is 22.0 Å². The number of rotatable bonds is 3. The number of pyridine rings is 1. The van der Waals surface area contributed by atoms with E-state index in [0.717, 1.165) is 12.3 Å². The predicted molar refractivity (Wildman–Crippen MR) is 53.4 cm³/mol. The van der Waals surface area contributed by atoms with E-state index in [1.54, 1.807) is 0 Å². The molecule has 1 aliphatic rings. The molecular formula is C10H12BrN. The fourth-order valence-corrected chi connectivity index (χ4v) is 2.20. The molecule has 1 aliphatic carbocycles. The van der Waals surface area contributed by atoms with Crippen LogP contribution in [-0.2, 0) is 6.42 Å². The Balaban J connectivity index is 1.94. The van der Waals surface area contributed by atoms with E-state index in [4.69, 9.17) is 0 Å². The zero-order valence-electron chi connectivity index (χ0n) is 6.91. The lowest BCUT2D eigenvalue weighted by Crippen LogP contribution is -2.05. The van der Waals surface area contributed by atoms with Gasteiger partial charge in [-0.3, -0.25) is 4.98 Å². The van der Waals surface area contributed by atoms with Gasteiger partial charge in [-0.2, -0.15) is 0 Å². The Morgan fingerprint density at radius 2 is 2.33 bits per heavy atom. The van der Waals surface area contributed by atoms with Crippen LogP contribution >= 0.6 is 15.9 Å². The van der Waals surface area contributed by atoms with E-state index in [9.17, 15) is 0 Å². The van der Waals surface area contributed by atoms with Gasteiger partial charge in [-0.25, -0.2) is 0 Å². The number of hydrogen-bond acceptors (Lipinski definition) is 1. The van der Waals surface area contributed by atoms with E-state index in [-0.39, 0.29) is 0 Å². The molecule has 0 bridgehead atoms. The van der Waals surface area contributed by atoms with Crippen molar-refractivity contribution >= 4 is 15.9 Å². The summed E-state index contributed by atoms with van der Waals surface area (Å²) in [6, 6.07) is 6.11. The second-order valence-electron chi connectivity index (χ2n) is 3.38. The van der Waals surface area contributed by atoms with Gasteiger partial charge in [0.05, 0.1) is 0 Å². The average Bonchev–Trinajstić information content (AvgIpc) is 2.88. The summed E-state index contributed by atoms with van der Waals surface area (Å²) in [5.74, 6) is 0.909. The van der Waals surface area contributed by atoms with Crippen LogP contribution in [0.2, 0.25) is 0 Å². The Labute approximate surface area is 81.3 Å². The number of aromatic nitrogens is 1. The van der Waals surface area contributed by atoms with Gasteiger partial charge in [-0.15, -0.1) is 0 Å². The van der Waals surface area contributed by atoms with E-state index < -0.39 is 0 Å². The normalized spacial score (nSPS) is 19.1. The zero-order chi connectivity index (χ0) is 8.39. The van der Waals surface area contributed by atoms with Crippen LogP contribution in [0.3, 0.4) is 0 Å². The van der Waals surface area contributed by atoms with E-state index in [1.807, 2.05) is 12.3 Å².